The standard InChI is InChI=1S/C22H30/c1-13(2)21-11-20(18(7)17(6)19(21)8)12-22-15(4)9-14(3)10-16(22)5/h9-11,13H,12H2,1-8H3. The molecule has 0 atom stereocenters. The van der Waals surface area contributed by atoms with Crippen molar-refractivity contribution in [3.63, 3.8) is 0 Å². The Hall–Kier alpha value is -1.56. The van der Waals surface area contributed by atoms with E-state index in [0.29, 0.717) is 5.92 Å². The van der Waals surface area contributed by atoms with Crippen LogP contribution in [0.15, 0.2) is 18.2 Å². The molecule has 22 heavy (non-hydrogen) atoms. The first-order valence-corrected chi connectivity index (χ1v) is 8.38. The van der Waals surface area contributed by atoms with Crippen molar-refractivity contribution >= 4 is 0 Å². The van der Waals surface area contributed by atoms with E-state index in [1.165, 1.54) is 50.1 Å². The van der Waals surface area contributed by atoms with Crippen molar-refractivity contribution in [2.24, 2.45) is 0 Å². The third-order valence-electron chi connectivity index (χ3n) is 5.20. The van der Waals surface area contributed by atoms with Crippen LogP contribution < -0.4 is 0 Å². The maximum absolute atomic E-state index is 2.45. The van der Waals surface area contributed by atoms with Crippen LogP contribution in [0.2, 0.25) is 0 Å². The van der Waals surface area contributed by atoms with Gasteiger partial charge in [0.25, 0.3) is 0 Å². The molecular weight excluding hydrogens is 264 g/mol. The minimum atomic E-state index is 0.582. The first-order chi connectivity index (χ1) is 10.2. The number of rotatable bonds is 3. The van der Waals surface area contributed by atoms with Gasteiger partial charge >= 0.3 is 0 Å². The van der Waals surface area contributed by atoms with Gasteiger partial charge in [0.2, 0.25) is 0 Å². The molecule has 0 aliphatic rings. The van der Waals surface area contributed by atoms with Crippen LogP contribution in [-0.2, 0) is 6.42 Å². The molecule has 0 heteroatoms. The molecule has 0 aliphatic carbocycles. The highest BCUT2D eigenvalue weighted by Crippen LogP contribution is 2.30. The molecule has 0 saturated carbocycles. The number of hydrogen-bond acceptors (Lipinski definition) is 0. The van der Waals surface area contributed by atoms with E-state index in [2.05, 4.69) is 73.6 Å². The molecule has 0 fully saturated rings. The highest BCUT2D eigenvalue weighted by Gasteiger charge is 2.14. The Kier molecular flexibility index (Phi) is 4.80. The zero-order valence-electron chi connectivity index (χ0n) is 15.5. The zero-order chi connectivity index (χ0) is 16.6. The van der Waals surface area contributed by atoms with Crippen molar-refractivity contribution < 1.29 is 0 Å². The second-order valence-corrected chi connectivity index (χ2v) is 7.21. The topological polar surface area (TPSA) is 0 Å². The summed E-state index contributed by atoms with van der Waals surface area (Å²) in [5.41, 5.74) is 13.1. The summed E-state index contributed by atoms with van der Waals surface area (Å²) >= 11 is 0. The predicted octanol–water partition coefficient (Wildman–Crippen LogP) is 6.25. The first kappa shape index (κ1) is 16.8. The summed E-state index contributed by atoms with van der Waals surface area (Å²) in [6.45, 7) is 18.1. The molecule has 0 heterocycles. The van der Waals surface area contributed by atoms with E-state index >= 15 is 0 Å². The fourth-order valence-electron chi connectivity index (χ4n) is 3.61. The first-order valence-electron chi connectivity index (χ1n) is 8.38. The second-order valence-electron chi connectivity index (χ2n) is 7.21. The minimum absolute atomic E-state index is 0.582. The van der Waals surface area contributed by atoms with Crippen LogP contribution in [-0.4, -0.2) is 0 Å². The third kappa shape index (κ3) is 3.11. The Bertz CT molecular complexity index is 679. The van der Waals surface area contributed by atoms with Crippen LogP contribution in [0, 0.1) is 41.5 Å². The highest BCUT2D eigenvalue weighted by molar-refractivity contribution is 5.49. The van der Waals surface area contributed by atoms with Crippen molar-refractivity contribution in [1.29, 1.82) is 0 Å². The summed E-state index contributed by atoms with van der Waals surface area (Å²) in [7, 11) is 0. The molecule has 0 N–H and O–H groups in total. The molecule has 2 aromatic carbocycles. The lowest BCUT2D eigenvalue weighted by molar-refractivity contribution is 0.847. The SMILES string of the molecule is Cc1cc(C)c(Cc2cc(C(C)C)c(C)c(C)c2C)c(C)c1. The van der Waals surface area contributed by atoms with E-state index in [9.17, 15) is 0 Å². The fourth-order valence-corrected chi connectivity index (χ4v) is 3.61. The predicted molar refractivity (Wildman–Crippen MR) is 98.2 cm³/mol. The highest BCUT2D eigenvalue weighted by atomic mass is 14.2. The molecule has 0 amide bonds. The van der Waals surface area contributed by atoms with E-state index in [-0.39, 0.29) is 0 Å². The average Bonchev–Trinajstić information content (AvgIpc) is 2.42. The van der Waals surface area contributed by atoms with Crippen LogP contribution in [0.25, 0.3) is 0 Å². The largest absolute Gasteiger partial charge is 0.0587 e. The van der Waals surface area contributed by atoms with E-state index in [0.717, 1.165) is 6.42 Å². The average molecular weight is 294 g/mol. The van der Waals surface area contributed by atoms with Gasteiger partial charge in [0.15, 0.2) is 0 Å². The summed E-state index contributed by atoms with van der Waals surface area (Å²) in [5, 5.41) is 0. The van der Waals surface area contributed by atoms with Gasteiger partial charge in [-0.3, -0.25) is 0 Å². The summed E-state index contributed by atoms with van der Waals surface area (Å²) in [5.74, 6) is 0.582. The zero-order valence-corrected chi connectivity index (χ0v) is 15.5. The van der Waals surface area contributed by atoms with Gasteiger partial charge in [0.1, 0.15) is 0 Å². The van der Waals surface area contributed by atoms with Crippen LogP contribution in [0.1, 0.15) is 69.8 Å². The van der Waals surface area contributed by atoms with Gasteiger partial charge in [-0.1, -0.05) is 37.6 Å². The van der Waals surface area contributed by atoms with Gasteiger partial charge in [0.05, 0.1) is 0 Å². The molecule has 0 aliphatic heterocycles. The maximum atomic E-state index is 2.45. The van der Waals surface area contributed by atoms with Gasteiger partial charge in [-0.2, -0.15) is 0 Å². The Labute approximate surface area is 136 Å². The summed E-state index contributed by atoms with van der Waals surface area (Å²) < 4.78 is 0. The van der Waals surface area contributed by atoms with Gasteiger partial charge in [-0.25, -0.2) is 0 Å². The molecule has 2 aromatic rings. The van der Waals surface area contributed by atoms with Crippen LogP contribution in [0.5, 0.6) is 0 Å². The monoisotopic (exact) mass is 294 g/mol. The van der Waals surface area contributed by atoms with Crippen molar-refractivity contribution in [3.8, 4) is 0 Å². The molecule has 118 valence electrons. The number of benzene rings is 2. The van der Waals surface area contributed by atoms with Crippen molar-refractivity contribution in [3.05, 3.63) is 68.3 Å². The Morgan fingerprint density at radius 3 is 1.77 bits per heavy atom. The van der Waals surface area contributed by atoms with Crippen LogP contribution >= 0.6 is 0 Å². The second kappa shape index (κ2) is 6.28. The molecule has 0 radical (unpaired) electrons. The van der Waals surface area contributed by atoms with Gasteiger partial charge < -0.3 is 0 Å². The van der Waals surface area contributed by atoms with Crippen LogP contribution in [0.4, 0.5) is 0 Å². The Balaban J connectivity index is 2.55. The smallest absolute Gasteiger partial charge is 0.00177 e. The van der Waals surface area contributed by atoms with Crippen molar-refractivity contribution in [2.75, 3.05) is 0 Å². The third-order valence-corrected chi connectivity index (χ3v) is 5.20. The van der Waals surface area contributed by atoms with E-state index in [4.69, 9.17) is 0 Å². The Morgan fingerprint density at radius 2 is 1.27 bits per heavy atom. The molecule has 0 nitrogen and oxygen atoms in total. The van der Waals surface area contributed by atoms with Crippen molar-refractivity contribution in [2.45, 2.75) is 67.7 Å². The molecule has 0 aromatic heterocycles. The summed E-state index contributed by atoms with van der Waals surface area (Å²) in [6, 6.07) is 7.06. The van der Waals surface area contributed by atoms with Gasteiger partial charge in [0, 0.05) is 0 Å². The molecule has 0 bridgehead atoms. The quantitative estimate of drug-likeness (QED) is 0.627. The number of aryl methyl sites for hydroxylation is 3. The van der Waals surface area contributed by atoms with Gasteiger partial charge in [-0.15, -0.1) is 0 Å². The normalized spacial score (nSPS) is 11.3. The molecular formula is C22H30. The molecule has 0 spiro atoms. The summed E-state index contributed by atoms with van der Waals surface area (Å²) in [6.07, 6.45) is 1.05. The molecule has 2 rings (SSSR count). The van der Waals surface area contributed by atoms with Crippen molar-refractivity contribution in [1.82, 2.24) is 0 Å². The van der Waals surface area contributed by atoms with Crippen LogP contribution in [0.3, 0.4) is 0 Å². The summed E-state index contributed by atoms with van der Waals surface area (Å²) in [4.78, 5) is 0. The van der Waals surface area contributed by atoms with E-state index < -0.39 is 0 Å². The van der Waals surface area contributed by atoms with Gasteiger partial charge in [-0.05, 0) is 98.4 Å². The number of hydrogen-bond donors (Lipinski definition) is 0. The van der Waals surface area contributed by atoms with E-state index in [1.54, 1.807) is 0 Å². The molecule has 0 saturated heterocycles. The lowest BCUT2D eigenvalue weighted by Gasteiger charge is -2.20. The lowest BCUT2D eigenvalue weighted by Crippen LogP contribution is -2.04. The lowest BCUT2D eigenvalue weighted by atomic mass is 9.85. The minimum Gasteiger partial charge on any atom is -0.0587 e. The molecule has 0 unspecified atom stereocenters. The fraction of sp³-hybridized carbons (Fsp3) is 0.455. The Morgan fingerprint density at radius 1 is 0.727 bits per heavy atom. The maximum Gasteiger partial charge on any atom is -0.00177 e. The van der Waals surface area contributed by atoms with E-state index in [1.807, 2.05) is 0 Å².